The van der Waals surface area contributed by atoms with Gasteiger partial charge in [0.05, 0.1) is 5.56 Å². The molecule has 0 unspecified atom stereocenters. The summed E-state index contributed by atoms with van der Waals surface area (Å²) in [5.41, 5.74) is -0.347. The van der Waals surface area contributed by atoms with Crippen LogP contribution in [-0.4, -0.2) is 44.6 Å². The predicted molar refractivity (Wildman–Crippen MR) is 106 cm³/mol. The number of alkyl halides is 3. The summed E-state index contributed by atoms with van der Waals surface area (Å²) in [5, 5.41) is 9.39. The number of aromatic nitrogens is 4. The Bertz CT molecular complexity index is 1050. The maximum atomic E-state index is 13.0. The van der Waals surface area contributed by atoms with E-state index in [0.29, 0.717) is 11.4 Å². The highest BCUT2D eigenvalue weighted by molar-refractivity contribution is 6.32. The lowest BCUT2D eigenvalue weighted by Gasteiger charge is -2.36. The number of carbonyl (C=O) groups excluding carboxylic acids is 1. The quantitative estimate of drug-likeness (QED) is 0.645. The SMILES string of the molecule is CN(c1cccc2nc(C(F)(F)F)cn12)[C@H]1CC[C@@H](NC(=O)c2c[nH]nc2Cl)CC1. The molecule has 1 saturated carbocycles. The molecule has 0 atom stereocenters. The van der Waals surface area contributed by atoms with Crippen LogP contribution in [0.3, 0.4) is 0 Å². The summed E-state index contributed by atoms with van der Waals surface area (Å²) in [7, 11) is 1.87. The van der Waals surface area contributed by atoms with Crippen molar-refractivity contribution < 1.29 is 18.0 Å². The highest BCUT2D eigenvalue weighted by Crippen LogP contribution is 2.31. The highest BCUT2D eigenvalue weighted by Gasteiger charge is 2.34. The molecule has 0 bridgehead atoms. The Morgan fingerprint density at radius 3 is 2.67 bits per heavy atom. The molecule has 0 aliphatic heterocycles. The molecule has 160 valence electrons. The second-order valence-corrected chi connectivity index (χ2v) is 7.77. The zero-order chi connectivity index (χ0) is 21.5. The van der Waals surface area contributed by atoms with E-state index in [4.69, 9.17) is 11.6 Å². The zero-order valence-corrected chi connectivity index (χ0v) is 16.8. The number of pyridine rings is 1. The molecule has 30 heavy (non-hydrogen) atoms. The number of nitrogens with zero attached hydrogens (tertiary/aromatic N) is 4. The van der Waals surface area contributed by atoms with E-state index in [1.165, 1.54) is 10.6 Å². The van der Waals surface area contributed by atoms with E-state index in [9.17, 15) is 18.0 Å². The van der Waals surface area contributed by atoms with Crippen molar-refractivity contribution in [1.29, 1.82) is 0 Å². The Morgan fingerprint density at radius 2 is 2.03 bits per heavy atom. The lowest BCUT2D eigenvalue weighted by atomic mass is 9.90. The Balaban J connectivity index is 1.43. The lowest BCUT2D eigenvalue weighted by molar-refractivity contribution is -0.140. The number of hydrogen-bond acceptors (Lipinski definition) is 4. The van der Waals surface area contributed by atoms with E-state index >= 15 is 0 Å². The maximum Gasteiger partial charge on any atom is 0.434 e. The molecule has 1 aliphatic rings. The first-order chi connectivity index (χ1) is 14.2. The number of amides is 1. The zero-order valence-electron chi connectivity index (χ0n) is 16.1. The largest absolute Gasteiger partial charge is 0.434 e. The van der Waals surface area contributed by atoms with Crippen molar-refractivity contribution in [2.45, 2.75) is 43.9 Å². The van der Waals surface area contributed by atoms with Crippen molar-refractivity contribution in [2.24, 2.45) is 0 Å². The number of nitrogens with one attached hydrogen (secondary N) is 2. The normalized spacial score (nSPS) is 19.8. The number of aromatic amines is 1. The molecular weight excluding hydrogens is 421 g/mol. The predicted octanol–water partition coefficient (Wildman–Crippen LogP) is 3.91. The second-order valence-electron chi connectivity index (χ2n) is 7.42. The van der Waals surface area contributed by atoms with Crippen LogP contribution in [0.1, 0.15) is 41.7 Å². The lowest BCUT2D eigenvalue weighted by Crippen LogP contribution is -2.43. The van der Waals surface area contributed by atoms with Gasteiger partial charge in [-0.25, -0.2) is 4.98 Å². The van der Waals surface area contributed by atoms with Crippen LogP contribution < -0.4 is 10.2 Å². The molecule has 0 saturated heterocycles. The van der Waals surface area contributed by atoms with Crippen molar-refractivity contribution in [3.05, 3.63) is 47.0 Å². The maximum absolute atomic E-state index is 13.0. The molecule has 4 rings (SSSR count). The minimum absolute atomic E-state index is 0.00832. The van der Waals surface area contributed by atoms with Crippen molar-refractivity contribution in [3.8, 4) is 0 Å². The third kappa shape index (κ3) is 3.96. The highest BCUT2D eigenvalue weighted by atomic mass is 35.5. The fourth-order valence-corrected chi connectivity index (χ4v) is 4.10. The molecule has 3 aromatic heterocycles. The van der Waals surface area contributed by atoms with E-state index in [-0.39, 0.29) is 28.8 Å². The van der Waals surface area contributed by atoms with Gasteiger partial charge in [-0.2, -0.15) is 18.3 Å². The smallest absolute Gasteiger partial charge is 0.358 e. The van der Waals surface area contributed by atoms with Crippen LogP contribution >= 0.6 is 11.6 Å². The molecular formula is C19H20ClF3N6O. The summed E-state index contributed by atoms with van der Waals surface area (Å²) in [6.45, 7) is 0. The summed E-state index contributed by atoms with van der Waals surface area (Å²) in [6, 6.07) is 5.19. The van der Waals surface area contributed by atoms with Crippen molar-refractivity contribution in [1.82, 2.24) is 24.9 Å². The van der Waals surface area contributed by atoms with Crippen LogP contribution in [-0.2, 0) is 6.18 Å². The molecule has 3 heterocycles. The monoisotopic (exact) mass is 440 g/mol. The minimum atomic E-state index is -4.49. The second kappa shape index (κ2) is 7.82. The van der Waals surface area contributed by atoms with Crippen LogP contribution in [0.25, 0.3) is 5.65 Å². The van der Waals surface area contributed by atoms with E-state index in [1.807, 2.05) is 11.9 Å². The molecule has 0 aromatic carbocycles. The minimum Gasteiger partial charge on any atom is -0.358 e. The van der Waals surface area contributed by atoms with Gasteiger partial charge >= 0.3 is 6.18 Å². The Hall–Kier alpha value is -2.75. The van der Waals surface area contributed by atoms with Crippen LogP contribution in [0.15, 0.2) is 30.6 Å². The molecule has 0 radical (unpaired) electrons. The van der Waals surface area contributed by atoms with Crippen LogP contribution in [0.4, 0.5) is 19.0 Å². The van der Waals surface area contributed by atoms with Gasteiger partial charge in [0.2, 0.25) is 0 Å². The molecule has 1 aliphatic carbocycles. The summed E-state index contributed by atoms with van der Waals surface area (Å²) >= 11 is 5.87. The van der Waals surface area contributed by atoms with Gasteiger partial charge in [-0.3, -0.25) is 14.3 Å². The average Bonchev–Trinajstić information content (AvgIpc) is 3.33. The molecule has 2 N–H and O–H groups in total. The van der Waals surface area contributed by atoms with E-state index in [0.717, 1.165) is 31.9 Å². The number of carbonyl (C=O) groups is 1. The molecule has 1 fully saturated rings. The number of H-pyrrole nitrogens is 1. The average molecular weight is 441 g/mol. The third-order valence-electron chi connectivity index (χ3n) is 5.54. The fraction of sp³-hybridized carbons (Fsp3) is 0.421. The number of fused-ring (bicyclic) bond motifs is 1. The van der Waals surface area contributed by atoms with Gasteiger partial charge in [-0.15, -0.1) is 0 Å². The number of rotatable bonds is 4. The van der Waals surface area contributed by atoms with Gasteiger partial charge in [0.1, 0.15) is 11.5 Å². The van der Waals surface area contributed by atoms with Crippen LogP contribution in [0, 0.1) is 0 Å². The summed E-state index contributed by atoms with van der Waals surface area (Å²) in [6.07, 6.45) is 1.08. The number of anilines is 1. The Morgan fingerprint density at radius 1 is 1.30 bits per heavy atom. The van der Waals surface area contributed by atoms with Gasteiger partial charge in [-0.1, -0.05) is 17.7 Å². The van der Waals surface area contributed by atoms with E-state index in [2.05, 4.69) is 20.5 Å². The molecule has 11 heteroatoms. The summed E-state index contributed by atoms with van der Waals surface area (Å²) in [5.74, 6) is 0.376. The molecule has 7 nitrogen and oxygen atoms in total. The topological polar surface area (TPSA) is 78.3 Å². The standard InChI is InChI=1S/C19H20ClF3N6O/c1-28(16-4-2-3-15-26-14(10-29(15)16)19(21,22)23)12-7-5-11(6-8-12)25-18(30)13-9-24-27-17(13)20/h2-4,9-12H,5-8H2,1H3,(H,24,27)(H,25,30)/t11-,12+. The van der Waals surface area contributed by atoms with Crippen molar-refractivity contribution in [3.63, 3.8) is 0 Å². The third-order valence-corrected chi connectivity index (χ3v) is 5.83. The number of hydrogen-bond donors (Lipinski definition) is 2. The van der Waals surface area contributed by atoms with Gasteiger partial charge in [-0.05, 0) is 37.8 Å². The first-order valence-electron chi connectivity index (χ1n) is 9.52. The number of imidazole rings is 1. The van der Waals surface area contributed by atoms with Gasteiger partial charge in [0.15, 0.2) is 10.8 Å². The Kier molecular flexibility index (Phi) is 5.35. The first kappa shape index (κ1) is 20.5. The molecule has 3 aromatic rings. The summed E-state index contributed by atoms with van der Waals surface area (Å²) < 4.78 is 40.6. The van der Waals surface area contributed by atoms with Crippen LogP contribution in [0.5, 0.6) is 0 Å². The van der Waals surface area contributed by atoms with E-state index in [1.54, 1.807) is 18.2 Å². The first-order valence-corrected chi connectivity index (χ1v) is 9.90. The van der Waals surface area contributed by atoms with Gasteiger partial charge in [0, 0.05) is 31.5 Å². The van der Waals surface area contributed by atoms with Crippen molar-refractivity contribution >= 4 is 29.0 Å². The summed E-state index contributed by atoms with van der Waals surface area (Å²) in [4.78, 5) is 18.0. The Labute approximate surface area is 175 Å². The van der Waals surface area contributed by atoms with Crippen LogP contribution in [0.2, 0.25) is 5.15 Å². The van der Waals surface area contributed by atoms with Gasteiger partial charge in [0.25, 0.3) is 5.91 Å². The van der Waals surface area contributed by atoms with E-state index < -0.39 is 11.9 Å². The fourth-order valence-electron chi connectivity index (χ4n) is 3.91. The van der Waals surface area contributed by atoms with Crippen molar-refractivity contribution in [2.75, 3.05) is 11.9 Å². The molecule has 0 spiro atoms. The number of halogens is 4. The van der Waals surface area contributed by atoms with Gasteiger partial charge < -0.3 is 10.2 Å². The molecule has 1 amide bonds.